The standard InChI is InChI=1S/C19H21NO2S/c21-19(15-7-11-22-12-8-15)20-10-6-17-16(9-13-23-17)18(20)14-4-2-1-3-5-14/h1-5,9,13,15,18H,6-8,10-12H2. The second kappa shape index (κ2) is 6.46. The van der Waals surface area contributed by atoms with Crippen LogP contribution in [0.25, 0.3) is 0 Å². The molecular weight excluding hydrogens is 306 g/mol. The number of amides is 1. The first-order valence-corrected chi connectivity index (χ1v) is 9.22. The second-order valence-electron chi connectivity index (χ2n) is 6.28. The highest BCUT2D eigenvalue weighted by atomic mass is 32.1. The molecule has 0 bridgehead atoms. The van der Waals surface area contributed by atoms with E-state index in [-0.39, 0.29) is 12.0 Å². The molecule has 2 aromatic rings. The molecule has 120 valence electrons. The minimum Gasteiger partial charge on any atom is -0.381 e. The van der Waals surface area contributed by atoms with E-state index in [1.165, 1.54) is 16.0 Å². The smallest absolute Gasteiger partial charge is 0.226 e. The Bertz CT molecular complexity index is 676. The number of rotatable bonds is 2. The van der Waals surface area contributed by atoms with Gasteiger partial charge in [0.15, 0.2) is 0 Å². The van der Waals surface area contributed by atoms with Crippen molar-refractivity contribution in [3.05, 3.63) is 57.8 Å². The highest BCUT2D eigenvalue weighted by Crippen LogP contribution is 2.39. The summed E-state index contributed by atoms with van der Waals surface area (Å²) < 4.78 is 5.42. The van der Waals surface area contributed by atoms with Crippen LogP contribution in [0.1, 0.15) is 34.9 Å². The fourth-order valence-corrected chi connectivity index (χ4v) is 4.63. The summed E-state index contributed by atoms with van der Waals surface area (Å²) in [4.78, 5) is 16.7. The molecule has 1 amide bonds. The molecule has 0 aliphatic carbocycles. The van der Waals surface area contributed by atoms with Crippen LogP contribution in [0.15, 0.2) is 41.8 Å². The zero-order chi connectivity index (χ0) is 15.6. The van der Waals surface area contributed by atoms with Gasteiger partial charge in [-0.2, -0.15) is 0 Å². The Morgan fingerprint density at radius 1 is 1.13 bits per heavy atom. The molecule has 4 heteroatoms. The van der Waals surface area contributed by atoms with E-state index in [4.69, 9.17) is 4.74 Å². The average Bonchev–Trinajstić information content (AvgIpc) is 3.10. The second-order valence-corrected chi connectivity index (χ2v) is 7.28. The van der Waals surface area contributed by atoms with Gasteiger partial charge < -0.3 is 9.64 Å². The zero-order valence-electron chi connectivity index (χ0n) is 13.1. The van der Waals surface area contributed by atoms with Gasteiger partial charge in [-0.3, -0.25) is 4.79 Å². The largest absolute Gasteiger partial charge is 0.381 e. The number of benzene rings is 1. The zero-order valence-corrected chi connectivity index (χ0v) is 13.9. The van der Waals surface area contributed by atoms with Crippen LogP contribution in [0.2, 0.25) is 0 Å². The Morgan fingerprint density at radius 3 is 2.70 bits per heavy atom. The van der Waals surface area contributed by atoms with Crippen molar-refractivity contribution in [3.63, 3.8) is 0 Å². The third-order valence-corrected chi connectivity index (χ3v) is 5.93. The Labute approximate surface area is 140 Å². The van der Waals surface area contributed by atoms with E-state index in [0.717, 1.165) is 25.8 Å². The van der Waals surface area contributed by atoms with E-state index >= 15 is 0 Å². The van der Waals surface area contributed by atoms with Gasteiger partial charge in [0.05, 0.1) is 6.04 Å². The normalized spacial score (nSPS) is 21.9. The third kappa shape index (κ3) is 2.81. The van der Waals surface area contributed by atoms with Gasteiger partial charge in [0.1, 0.15) is 0 Å². The quantitative estimate of drug-likeness (QED) is 0.843. The van der Waals surface area contributed by atoms with E-state index in [9.17, 15) is 4.79 Å². The summed E-state index contributed by atoms with van der Waals surface area (Å²) in [5, 5.41) is 2.16. The molecule has 0 radical (unpaired) electrons. The number of carbonyl (C=O) groups is 1. The van der Waals surface area contributed by atoms with Gasteiger partial charge >= 0.3 is 0 Å². The van der Waals surface area contributed by atoms with Gasteiger partial charge in [0, 0.05) is 30.6 Å². The van der Waals surface area contributed by atoms with Crippen molar-refractivity contribution in [2.24, 2.45) is 5.92 Å². The lowest BCUT2D eigenvalue weighted by atomic mass is 9.90. The Hall–Kier alpha value is -1.65. The molecule has 2 aliphatic heterocycles. The predicted molar refractivity (Wildman–Crippen MR) is 91.6 cm³/mol. The molecule has 23 heavy (non-hydrogen) atoms. The number of thiophene rings is 1. The Kier molecular flexibility index (Phi) is 4.19. The molecule has 1 aromatic carbocycles. The highest BCUT2D eigenvalue weighted by Gasteiger charge is 2.36. The molecule has 0 saturated carbocycles. The summed E-state index contributed by atoms with van der Waals surface area (Å²) in [6.07, 6.45) is 2.69. The Morgan fingerprint density at radius 2 is 1.91 bits per heavy atom. The summed E-state index contributed by atoms with van der Waals surface area (Å²) in [5.41, 5.74) is 2.53. The fourth-order valence-electron chi connectivity index (χ4n) is 3.73. The van der Waals surface area contributed by atoms with Crippen LogP contribution in [-0.2, 0) is 16.0 Å². The van der Waals surface area contributed by atoms with E-state index in [1.807, 2.05) is 17.4 Å². The summed E-state index contributed by atoms with van der Waals surface area (Å²) in [6.45, 7) is 2.25. The summed E-state index contributed by atoms with van der Waals surface area (Å²) in [6, 6.07) is 12.7. The minimum absolute atomic E-state index is 0.0709. The fraction of sp³-hybridized carbons (Fsp3) is 0.421. The van der Waals surface area contributed by atoms with Gasteiger partial charge in [-0.15, -0.1) is 11.3 Å². The molecular formula is C19H21NO2S. The van der Waals surface area contributed by atoms with Crippen LogP contribution >= 0.6 is 11.3 Å². The number of hydrogen-bond donors (Lipinski definition) is 0. The minimum atomic E-state index is 0.0709. The first-order chi connectivity index (χ1) is 11.3. The summed E-state index contributed by atoms with van der Waals surface area (Å²) >= 11 is 1.82. The molecule has 1 aromatic heterocycles. The molecule has 3 heterocycles. The SMILES string of the molecule is O=C(C1CCOCC1)N1CCc2sccc2C1c1ccccc1. The van der Waals surface area contributed by atoms with Crippen molar-refractivity contribution >= 4 is 17.2 Å². The predicted octanol–water partition coefficient (Wildman–Crippen LogP) is 3.65. The summed E-state index contributed by atoms with van der Waals surface area (Å²) in [7, 11) is 0. The maximum absolute atomic E-state index is 13.1. The topological polar surface area (TPSA) is 29.5 Å². The van der Waals surface area contributed by atoms with Crippen LogP contribution in [0.4, 0.5) is 0 Å². The lowest BCUT2D eigenvalue weighted by Gasteiger charge is -2.39. The van der Waals surface area contributed by atoms with Crippen LogP contribution < -0.4 is 0 Å². The first kappa shape index (κ1) is 14.9. The van der Waals surface area contributed by atoms with Crippen molar-refractivity contribution in [2.45, 2.75) is 25.3 Å². The number of nitrogens with zero attached hydrogens (tertiary/aromatic N) is 1. The van der Waals surface area contributed by atoms with Crippen molar-refractivity contribution in [1.82, 2.24) is 4.90 Å². The van der Waals surface area contributed by atoms with Crippen LogP contribution in [0, 0.1) is 5.92 Å². The molecule has 1 unspecified atom stereocenters. The Balaban J connectivity index is 1.69. The summed E-state index contributed by atoms with van der Waals surface area (Å²) in [5.74, 6) is 0.425. The van der Waals surface area contributed by atoms with E-state index < -0.39 is 0 Å². The van der Waals surface area contributed by atoms with Crippen LogP contribution in [-0.4, -0.2) is 30.6 Å². The van der Waals surface area contributed by atoms with E-state index in [0.29, 0.717) is 19.1 Å². The van der Waals surface area contributed by atoms with E-state index in [2.05, 4.69) is 40.6 Å². The van der Waals surface area contributed by atoms with E-state index in [1.54, 1.807) is 0 Å². The molecule has 1 fully saturated rings. The first-order valence-electron chi connectivity index (χ1n) is 8.34. The van der Waals surface area contributed by atoms with Crippen molar-refractivity contribution < 1.29 is 9.53 Å². The molecule has 3 nitrogen and oxygen atoms in total. The number of ether oxygens (including phenoxy) is 1. The van der Waals surface area contributed by atoms with Gasteiger partial charge in [-0.1, -0.05) is 30.3 Å². The average molecular weight is 327 g/mol. The highest BCUT2D eigenvalue weighted by molar-refractivity contribution is 7.10. The maximum Gasteiger partial charge on any atom is 0.226 e. The number of fused-ring (bicyclic) bond motifs is 1. The maximum atomic E-state index is 13.1. The van der Waals surface area contributed by atoms with Crippen molar-refractivity contribution in [2.75, 3.05) is 19.8 Å². The molecule has 1 saturated heterocycles. The monoisotopic (exact) mass is 327 g/mol. The number of hydrogen-bond acceptors (Lipinski definition) is 3. The van der Waals surface area contributed by atoms with Gasteiger partial charge in [-0.25, -0.2) is 0 Å². The lowest BCUT2D eigenvalue weighted by Crippen LogP contribution is -2.44. The van der Waals surface area contributed by atoms with Gasteiger partial charge in [0.2, 0.25) is 5.91 Å². The molecule has 0 N–H and O–H groups in total. The van der Waals surface area contributed by atoms with Crippen LogP contribution in [0.5, 0.6) is 0 Å². The van der Waals surface area contributed by atoms with Gasteiger partial charge in [-0.05, 0) is 41.8 Å². The van der Waals surface area contributed by atoms with Crippen LogP contribution in [0.3, 0.4) is 0 Å². The molecule has 1 atom stereocenters. The molecule has 4 rings (SSSR count). The molecule has 2 aliphatic rings. The molecule has 0 spiro atoms. The third-order valence-electron chi connectivity index (χ3n) is 4.93. The lowest BCUT2D eigenvalue weighted by molar-refractivity contribution is -0.140. The van der Waals surface area contributed by atoms with Gasteiger partial charge in [0.25, 0.3) is 0 Å². The van der Waals surface area contributed by atoms with Crippen molar-refractivity contribution in [3.8, 4) is 0 Å². The number of carbonyl (C=O) groups excluding carboxylic acids is 1. The van der Waals surface area contributed by atoms with Crippen molar-refractivity contribution in [1.29, 1.82) is 0 Å².